The second-order valence-electron chi connectivity index (χ2n) is 7.97. The van der Waals surface area contributed by atoms with Crippen LogP contribution < -0.4 is 5.32 Å². The Morgan fingerprint density at radius 3 is 2.79 bits per heavy atom. The molecule has 1 N–H and O–H groups in total. The summed E-state index contributed by atoms with van der Waals surface area (Å²) >= 11 is 0. The van der Waals surface area contributed by atoms with Crippen molar-refractivity contribution in [1.29, 1.82) is 0 Å². The van der Waals surface area contributed by atoms with Gasteiger partial charge in [-0.1, -0.05) is 12.1 Å². The van der Waals surface area contributed by atoms with Gasteiger partial charge in [-0.25, -0.2) is 0 Å². The lowest BCUT2D eigenvalue weighted by atomic mass is 9.97. The first-order valence-electron chi connectivity index (χ1n) is 10.0. The van der Waals surface area contributed by atoms with E-state index in [0.29, 0.717) is 43.2 Å². The lowest BCUT2D eigenvalue weighted by Gasteiger charge is -2.32. The molecule has 3 aliphatic rings. The van der Waals surface area contributed by atoms with Gasteiger partial charge in [0.05, 0.1) is 5.92 Å². The molecule has 1 saturated carbocycles. The van der Waals surface area contributed by atoms with Gasteiger partial charge in [-0.05, 0) is 50.7 Å². The van der Waals surface area contributed by atoms with Crippen molar-refractivity contribution in [3.63, 3.8) is 0 Å². The monoisotopic (exact) mass is 419 g/mol. The van der Waals surface area contributed by atoms with Crippen LogP contribution in [-0.4, -0.2) is 56.8 Å². The van der Waals surface area contributed by atoms with E-state index in [2.05, 4.69) is 9.71 Å². The lowest BCUT2D eigenvalue weighted by molar-refractivity contribution is -0.154. The largest absolute Gasteiger partial charge is 0.455 e. The summed E-state index contributed by atoms with van der Waals surface area (Å²) in [7, 11) is -3.70. The Morgan fingerprint density at radius 2 is 2.03 bits per heavy atom. The van der Waals surface area contributed by atoms with Crippen LogP contribution in [0.5, 0.6) is 0 Å². The number of benzene rings is 1. The molecular weight excluding hydrogens is 394 g/mol. The number of nitrogens with zero attached hydrogens (tertiary/aromatic N) is 2. The molecule has 2 aliphatic heterocycles. The Kier molecular flexibility index (Phi) is 5.33. The van der Waals surface area contributed by atoms with Gasteiger partial charge in [-0.2, -0.15) is 8.42 Å². The summed E-state index contributed by atoms with van der Waals surface area (Å²) in [6, 6.07) is 6.81. The van der Waals surface area contributed by atoms with E-state index in [1.807, 2.05) is 11.8 Å². The second kappa shape index (κ2) is 7.78. The van der Waals surface area contributed by atoms with Gasteiger partial charge in [0.2, 0.25) is 0 Å². The fourth-order valence-corrected chi connectivity index (χ4v) is 5.17. The molecule has 2 atom stereocenters. The molecule has 1 aliphatic carbocycles. The number of hydrogen-bond acceptors (Lipinski definition) is 6. The van der Waals surface area contributed by atoms with E-state index >= 15 is 0 Å². The van der Waals surface area contributed by atoms with Crippen LogP contribution in [0.4, 0.5) is 0 Å². The molecule has 4 rings (SSSR count). The number of carbonyl (C=O) groups is 2. The normalized spacial score (nSPS) is 23.7. The number of sulfonamides is 1. The number of amides is 1. The summed E-state index contributed by atoms with van der Waals surface area (Å²) in [6.07, 6.45) is 3.60. The van der Waals surface area contributed by atoms with Gasteiger partial charge in [0.25, 0.3) is 15.9 Å². The molecule has 9 heteroatoms. The highest BCUT2D eigenvalue weighted by Gasteiger charge is 2.36. The molecule has 1 aromatic rings. The van der Waals surface area contributed by atoms with Crippen molar-refractivity contribution in [3.8, 4) is 0 Å². The Bertz CT molecular complexity index is 955. The van der Waals surface area contributed by atoms with Gasteiger partial charge in [0.1, 0.15) is 4.90 Å². The van der Waals surface area contributed by atoms with Crippen LogP contribution in [-0.2, 0) is 24.3 Å². The van der Waals surface area contributed by atoms with E-state index in [1.54, 1.807) is 18.2 Å². The highest BCUT2D eigenvalue weighted by atomic mass is 32.2. The number of carbonyl (C=O) groups excluding carboxylic acids is 2. The summed E-state index contributed by atoms with van der Waals surface area (Å²) in [6.45, 7) is 2.61. The van der Waals surface area contributed by atoms with E-state index in [0.717, 1.165) is 12.8 Å². The number of rotatable bonds is 5. The topological polar surface area (TPSA) is 105 Å². The maximum Gasteiger partial charge on any atom is 0.311 e. The number of nitrogens with one attached hydrogen (secondary N) is 1. The zero-order valence-corrected chi connectivity index (χ0v) is 17.2. The van der Waals surface area contributed by atoms with Crippen molar-refractivity contribution in [3.05, 3.63) is 29.8 Å². The van der Waals surface area contributed by atoms with Crippen LogP contribution >= 0.6 is 0 Å². The Hall–Kier alpha value is -2.42. The summed E-state index contributed by atoms with van der Waals surface area (Å²) < 4.78 is 33.7. The number of ether oxygens (including phenoxy) is 1. The minimum Gasteiger partial charge on any atom is -0.455 e. The van der Waals surface area contributed by atoms with Crippen molar-refractivity contribution in [2.45, 2.75) is 43.5 Å². The first-order valence-corrected chi connectivity index (χ1v) is 11.4. The number of hydrogen-bond donors (Lipinski definition) is 1. The summed E-state index contributed by atoms with van der Waals surface area (Å²) in [5.74, 6) is -0.221. The van der Waals surface area contributed by atoms with Crippen LogP contribution in [0, 0.1) is 11.8 Å². The van der Waals surface area contributed by atoms with Crippen molar-refractivity contribution < 1.29 is 22.7 Å². The van der Waals surface area contributed by atoms with Gasteiger partial charge >= 0.3 is 5.97 Å². The van der Waals surface area contributed by atoms with E-state index in [1.165, 1.54) is 6.07 Å². The minimum atomic E-state index is -3.70. The predicted molar refractivity (Wildman–Crippen MR) is 106 cm³/mol. The molecule has 0 aromatic heterocycles. The average Bonchev–Trinajstić information content (AvgIpc) is 3.52. The molecule has 8 nitrogen and oxygen atoms in total. The fraction of sp³-hybridized carbons (Fsp3) is 0.550. The highest BCUT2D eigenvalue weighted by Crippen LogP contribution is 2.32. The van der Waals surface area contributed by atoms with Gasteiger partial charge in [0, 0.05) is 24.7 Å². The molecule has 0 unspecified atom stereocenters. The Morgan fingerprint density at radius 1 is 1.28 bits per heavy atom. The maximum atomic E-state index is 12.5. The smallest absolute Gasteiger partial charge is 0.311 e. The van der Waals surface area contributed by atoms with E-state index in [-0.39, 0.29) is 23.5 Å². The average molecular weight is 420 g/mol. The highest BCUT2D eigenvalue weighted by molar-refractivity contribution is 7.90. The zero-order valence-electron chi connectivity index (χ0n) is 16.3. The molecule has 1 saturated heterocycles. The first-order chi connectivity index (χ1) is 13.8. The Balaban J connectivity index is 1.36. The predicted octanol–water partition coefficient (Wildman–Crippen LogP) is 1.31. The molecule has 1 amide bonds. The van der Waals surface area contributed by atoms with Crippen LogP contribution in [0.25, 0.3) is 0 Å². The quantitative estimate of drug-likeness (QED) is 0.722. The summed E-state index contributed by atoms with van der Waals surface area (Å²) in [5, 5.41) is 2.86. The van der Waals surface area contributed by atoms with Gasteiger partial charge < -0.3 is 15.0 Å². The zero-order chi connectivity index (χ0) is 20.6. The fourth-order valence-electron chi connectivity index (χ4n) is 3.94. The van der Waals surface area contributed by atoms with E-state index < -0.39 is 21.9 Å². The number of fused-ring (bicyclic) bond motifs is 1. The molecule has 2 heterocycles. The SMILES string of the molecule is C[C@H](NC(=O)COC(=O)[C@@H]1CCCN(C2=NS(=O)(=O)c3ccccc32)C1)C1CC1. The van der Waals surface area contributed by atoms with Crippen molar-refractivity contribution in [2.75, 3.05) is 19.7 Å². The van der Waals surface area contributed by atoms with Gasteiger partial charge in [0.15, 0.2) is 12.4 Å². The first kappa shape index (κ1) is 19.9. The molecule has 0 spiro atoms. The van der Waals surface area contributed by atoms with E-state index in [9.17, 15) is 18.0 Å². The van der Waals surface area contributed by atoms with E-state index in [4.69, 9.17) is 4.74 Å². The molecule has 156 valence electrons. The minimum absolute atomic E-state index is 0.105. The van der Waals surface area contributed by atoms with Crippen LogP contribution in [0.1, 0.15) is 38.2 Å². The number of likely N-dealkylation sites (tertiary alicyclic amines) is 1. The third-order valence-corrected chi connectivity index (χ3v) is 7.06. The molecular formula is C20H25N3O5S. The molecule has 1 aromatic carbocycles. The maximum absolute atomic E-state index is 12.5. The van der Waals surface area contributed by atoms with Crippen LogP contribution in [0.15, 0.2) is 33.6 Å². The van der Waals surface area contributed by atoms with Crippen molar-refractivity contribution in [2.24, 2.45) is 16.2 Å². The number of piperidine rings is 1. The molecule has 0 bridgehead atoms. The second-order valence-corrected chi connectivity index (χ2v) is 9.55. The van der Waals surface area contributed by atoms with Crippen molar-refractivity contribution in [1.82, 2.24) is 10.2 Å². The third kappa shape index (κ3) is 4.29. The molecule has 29 heavy (non-hydrogen) atoms. The third-order valence-electron chi connectivity index (χ3n) is 5.73. The molecule has 0 radical (unpaired) electrons. The summed E-state index contributed by atoms with van der Waals surface area (Å²) in [5.41, 5.74) is 0.565. The van der Waals surface area contributed by atoms with Crippen LogP contribution in [0.2, 0.25) is 0 Å². The van der Waals surface area contributed by atoms with Crippen LogP contribution in [0.3, 0.4) is 0 Å². The molecule has 2 fully saturated rings. The lowest BCUT2D eigenvalue weighted by Crippen LogP contribution is -2.43. The number of amidine groups is 1. The van der Waals surface area contributed by atoms with Gasteiger partial charge in [-0.15, -0.1) is 4.40 Å². The van der Waals surface area contributed by atoms with Crippen molar-refractivity contribution >= 4 is 27.7 Å². The Labute approximate surface area is 170 Å². The standard InChI is InChI=1S/C20H25N3O5S/c1-13(14-8-9-14)21-18(24)12-28-20(25)15-5-4-10-23(11-15)19-16-6-2-3-7-17(16)29(26,27)22-19/h2-3,6-7,13-15H,4-5,8-12H2,1H3,(H,21,24)/t13-,15+/m0/s1. The summed E-state index contributed by atoms with van der Waals surface area (Å²) in [4.78, 5) is 26.5. The number of esters is 1. The van der Waals surface area contributed by atoms with Gasteiger partial charge in [-0.3, -0.25) is 9.59 Å².